The van der Waals surface area contributed by atoms with Gasteiger partial charge in [0, 0.05) is 0 Å². The van der Waals surface area contributed by atoms with Gasteiger partial charge in [-0.2, -0.15) is 0 Å². The molecule has 0 radical (unpaired) electrons. The van der Waals surface area contributed by atoms with Crippen molar-refractivity contribution < 1.29 is 0 Å². The first-order valence-electron chi connectivity index (χ1n) is 3.90. The first-order valence-corrected chi connectivity index (χ1v) is 3.90. The molecule has 0 spiro atoms. The summed E-state index contributed by atoms with van der Waals surface area (Å²) in [6.45, 7) is 2.06. The highest BCUT2D eigenvalue weighted by Crippen LogP contribution is 2.06. The van der Waals surface area contributed by atoms with Crippen molar-refractivity contribution in [2.24, 2.45) is 0 Å². The number of rotatable bonds is 1. The molecule has 2 heterocycles. The van der Waals surface area contributed by atoms with Crippen LogP contribution in [0.3, 0.4) is 0 Å². The molecule has 12 heavy (non-hydrogen) atoms. The number of nitrogens with two attached hydrogens (primary N) is 1. The number of fused-ring (bicyclic) bond motifs is 1. The molecule has 0 unspecified atom stereocenters. The Morgan fingerprint density at radius 3 is 3.08 bits per heavy atom. The minimum absolute atomic E-state index is 0.523. The number of aromatic nitrogens is 3. The van der Waals surface area contributed by atoms with Crippen molar-refractivity contribution in [1.29, 1.82) is 0 Å². The monoisotopic (exact) mass is 162 g/mol. The second-order valence-electron chi connectivity index (χ2n) is 2.63. The van der Waals surface area contributed by atoms with Crippen LogP contribution in [-0.2, 0) is 6.42 Å². The van der Waals surface area contributed by atoms with Gasteiger partial charge in [-0.15, -0.1) is 5.10 Å². The first kappa shape index (κ1) is 7.09. The lowest BCUT2D eigenvalue weighted by Crippen LogP contribution is -2.00. The normalized spacial score (nSPS) is 10.8. The maximum absolute atomic E-state index is 5.55. The topological polar surface area (TPSA) is 56.2 Å². The molecule has 2 aromatic rings. The van der Waals surface area contributed by atoms with Crippen molar-refractivity contribution in [2.75, 3.05) is 5.73 Å². The fourth-order valence-corrected chi connectivity index (χ4v) is 1.18. The van der Waals surface area contributed by atoms with Crippen LogP contribution in [0.1, 0.15) is 12.6 Å². The van der Waals surface area contributed by atoms with Crippen LogP contribution in [0.2, 0.25) is 0 Å². The maximum atomic E-state index is 5.55. The van der Waals surface area contributed by atoms with Crippen molar-refractivity contribution in [1.82, 2.24) is 14.6 Å². The number of hydrogen-bond donors (Lipinski definition) is 1. The van der Waals surface area contributed by atoms with E-state index >= 15 is 0 Å². The highest BCUT2D eigenvalue weighted by atomic mass is 15.3. The number of aryl methyl sites for hydroxylation is 1. The molecular weight excluding hydrogens is 152 g/mol. The molecule has 4 nitrogen and oxygen atoms in total. The Morgan fingerprint density at radius 1 is 1.50 bits per heavy atom. The van der Waals surface area contributed by atoms with E-state index < -0.39 is 0 Å². The number of anilines is 1. The van der Waals surface area contributed by atoms with Gasteiger partial charge < -0.3 is 5.73 Å². The molecule has 2 N–H and O–H groups in total. The van der Waals surface area contributed by atoms with Gasteiger partial charge in [-0.05, 0) is 18.6 Å². The van der Waals surface area contributed by atoms with Gasteiger partial charge in [0.1, 0.15) is 5.82 Å². The molecule has 0 aliphatic rings. The zero-order chi connectivity index (χ0) is 8.55. The van der Waals surface area contributed by atoms with Gasteiger partial charge in [0.15, 0.2) is 5.65 Å². The summed E-state index contributed by atoms with van der Waals surface area (Å²) in [4.78, 5) is 4.18. The zero-order valence-corrected chi connectivity index (χ0v) is 6.86. The summed E-state index contributed by atoms with van der Waals surface area (Å²) in [5, 5.41) is 4.14. The third kappa shape index (κ3) is 0.922. The van der Waals surface area contributed by atoms with Crippen LogP contribution in [-0.4, -0.2) is 14.6 Å². The predicted octanol–water partition coefficient (Wildman–Crippen LogP) is 0.874. The fourth-order valence-electron chi connectivity index (χ4n) is 1.18. The SMILES string of the molecule is CCc1cnc2ccc(N)nn12. The third-order valence-electron chi connectivity index (χ3n) is 1.82. The molecule has 0 fully saturated rings. The highest BCUT2D eigenvalue weighted by molar-refractivity contribution is 5.43. The number of imidazole rings is 1. The standard InChI is InChI=1S/C8H10N4/c1-2-6-5-10-8-4-3-7(9)11-12(6)8/h3-5H,2H2,1H3,(H2,9,11). The van der Waals surface area contributed by atoms with E-state index in [9.17, 15) is 0 Å². The van der Waals surface area contributed by atoms with Crippen molar-refractivity contribution >= 4 is 11.5 Å². The van der Waals surface area contributed by atoms with E-state index in [1.165, 1.54) is 0 Å². The Balaban J connectivity index is 2.75. The van der Waals surface area contributed by atoms with Gasteiger partial charge >= 0.3 is 0 Å². The molecule has 4 heteroatoms. The lowest BCUT2D eigenvalue weighted by molar-refractivity contribution is 0.866. The van der Waals surface area contributed by atoms with Gasteiger partial charge in [0.25, 0.3) is 0 Å². The lowest BCUT2D eigenvalue weighted by atomic mass is 10.4. The molecule has 0 aliphatic heterocycles. The summed E-state index contributed by atoms with van der Waals surface area (Å²) >= 11 is 0. The summed E-state index contributed by atoms with van der Waals surface area (Å²) in [5.74, 6) is 0.523. The van der Waals surface area contributed by atoms with Crippen molar-refractivity contribution in [2.45, 2.75) is 13.3 Å². The zero-order valence-electron chi connectivity index (χ0n) is 6.86. The Kier molecular flexibility index (Phi) is 1.46. The van der Waals surface area contributed by atoms with Crippen LogP contribution < -0.4 is 5.73 Å². The van der Waals surface area contributed by atoms with Gasteiger partial charge in [-0.1, -0.05) is 6.92 Å². The van der Waals surface area contributed by atoms with E-state index in [2.05, 4.69) is 17.0 Å². The first-order chi connectivity index (χ1) is 5.81. The van der Waals surface area contributed by atoms with E-state index in [-0.39, 0.29) is 0 Å². The van der Waals surface area contributed by atoms with Crippen molar-refractivity contribution in [3.8, 4) is 0 Å². The molecular formula is C8H10N4. The molecule has 62 valence electrons. The highest BCUT2D eigenvalue weighted by Gasteiger charge is 2.01. The van der Waals surface area contributed by atoms with E-state index in [1.807, 2.05) is 12.3 Å². The second kappa shape index (κ2) is 2.48. The number of hydrogen-bond acceptors (Lipinski definition) is 3. The molecule has 0 amide bonds. The minimum atomic E-state index is 0.523. The summed E-state index contributed by atoms with van der Waals surface area (Å²) in [7, 11) is 0. The van der Waals surface area contributed by atoms with Gasteiger partial charge in [0.2, 0.25) is 0 Å². The van der Waals surface area contributed by atoms with Crippen LogP contribution in [0, 0.1) is 0 Å². The Bertz CT molecular complexity index is 404. The summed E-state index contributed by atoms with van der Waals surface area (Å²) in [6.07, 6.45) is 2.74. The van der Waals surface area contributed by atoms with Crippen LogP contribution in [0.4, 0.5) is 5.82 Å². The second-order valence-corrected chi connectivity index (χ2v) is 2.63. The minimum Gasteiger partial charge on any atom is -0.382 e. The predicted molar refractivity (Wildman–Crippen MR) is 46.8 cm³/mol. The van der Waals surface area contributed by atoms with E-state index in [0.717, 1.165) is 17.8 Å². The molecule has 0 saturated heterocycles. The fraction of sp³-hybridized carbons (Fsp3) is 0.250. The van der Waals surface area contributed by atoms with Gasteiger partial charge in [-0.3, -0.25) is 0 Å². The molecule has 0 saturated carbocycles. The Morgan fingerprint density at radius 2 is 2.33 bits per heavy atom. The Hall–Kier alpha value is -1.58. The molecule has 0 bridgehead atoms. The summed E-state index contributed by atoms with van der Waals surface area (Å²) < 4.78 is 1.77. The van der Waals surface area contributed by atoms with Crippen molar-refractivity contribution in [3.05, 3.63) is 24.0 Å². The van der Waals surface area contributed by atoms with Crippen molar-refractivity contribution in [3.63, 3.8) is 0 Å². The largest absolute Gasteiger partial charge is 0.382 e. The van der Waals surface area contributed by atoms with Crippen LogP contribution in [0.15, 0.2) is 18.3 Å². The van der Waals surface area contributed by atoms with E-state index in [1.54, 1.807) is 10.6 Å². The molecule has 2 rings (SSSR count). The number of nitrogens with zero attached hydrogens (tertiary/aromatic N) is 3. The van der Waals surface area contributed by atoms with Gasteiger partial charge in [-0.25, -0.2) is 9.50 Å². The average Bonchev–Trinajstić information content (AvgIpc) is 2.46. The average molecular weight is 162 g/mol. The molecule has 2 aromatic heterocycles. The summed E-state index contributed by atoms with van der Waals surface area (Å²) in [5.41, 5.74) is 7.48. The molecule has 0 aliphatic carbocycles. The lowest BCUT2D eigenvalue weighted by Gasteiger charge is -1.97. The van der Waals surface area contributed by atoms with Crippen LogP contribution in [0.5, 0.6) is 0 Å². The smallest absolute Gasteiger partial charge is 0.153 e. The van der Waals surface area contributed by atoms with Gasteiger partial charge in [0.05, 0.1) is 11.9 Å². The van der Waals surface area contributed by atoms with E-state index in [4.69, 9.17) is 5.73 Å². The van der Waals surface area contributed by atoms with Crippen LogP contribution >= 0.6 is 0 Å². The Labute approximate surface area is 70.0 Å². The summed E-state index contributed by atoms with van der Waals surface area (Å²) in [6, 6.07) is 3.61. The quantitative estimate of drug-likeness (QED) is 0.677. The third-order valence-corrected chi connectivity index (χ3v) is 1.82. The molecule has 0 aromatic carbocycles. The van der Waals surface area contributed by atoms with Crippen LogP contribution in [0.25, 0.3) is 5.65 Å². The number of nitrogen functional groups attached to an aromatic ring is 1. The maximum Gasteiger partial charge on any atom is 0.153 e. The molecule has 0 atom stereocenters. The van der Waals surface area contributed by atoms with E-state index in [0.29, 0.717) is 5.82 Å².